The van der Waals surface area contributed by atoms with Gasteiger partial charge in [-0.05, 0) is 35.1 Å². The summed E-state index contributed by atoms with van der Waals surface area (Å²) in [6, 6.07) is 13.4. The molecule has 4 heteroatoms. The highest BCUT2D eigenvalue weighted by Crippen LogP contribution is 2.26. The van der Waals surface area contributed by atoms with Crippen LogP contribution in [-0.2, 0) is 6.54 Å². The molecule has 3 nitrogen and oxygen atoms in total. The van der Waals surface area contributed by atoms with Gasteiger partial charge in [-0.1, -0.05) is 32.0 Å². The molecular formula is C18H21N3S. The van der Waals surface area contributed by atoms with Gasteiger partial charge in [0.2, 0.25) is 0 Å². The van der Waals surface area contributed by atoms with E-state index in [1.807, 2.05) is 28.4 Å². The van der Waals surface area contributed by atoms with Crippen LogP contribution in [0.15, 0.2) is 60.5 Å². The Morgan fingerprint density at radius 1 is 1.18 bits per heavy atom. The standard InChI is InChI=1S/C18H21N3S/c1-14(2)18(17-4-3-11-22-17)20-12-15-5-7-16(8-6-15)21-10-9-19-13-21/h3-11,13-14,18,20H,12H2,1-2H3/t18-/m1/s1. The predicted octanol–water partition coefficient (Wildman–Crippen LogP) is 4.42. The molecule has 1 atom stereocenters. The quantitative estimate of drug-likeness (QED) is 0.730. The van der Waals surface area contributed by atoms with Crippen molar-refractivity contribution < 1.29 is 0 Å². The van der Waals surface area contributed by atoms with Gasteiger partial charge in [0.15, 0.2) is 0 Å². The Kier molecular flexibility index (Phi) is 4.71. The number of nitrogens with zero attached hydrogens (tertiary/aromatic N) is 2. The molecule has 0 saturated heterocycles. The van der Waals surface area contributed by atoms with Gasteiger partial charge < -0.3 is 9.88 Å². The van der Waals surface area contributed by atoms with Crippen LogP contribution < -0.4 is 5.32 Å². The first-order chi connectivity index (χ1) is 10.7. The zero-order valence-corrected chi connectivity index (χ0v) is 13.8. The van der Waals surface area contributed by atoms with Crippen molar-refractivity contribution in [3.63, 3.8) is 0 Å². The first-order valence-electron chi connectivity index (χ1n) is 7.58. The molecule has 0 saturated carbocycles. The Morgan fingerprint density at radius 2 is 2.00 bits per heavy atom. The third-order valence-electron chi connectivity index (χ3n) is 3.78. The monoisotopic (exact) mass is 311 g/mol. The van der Waals surface area contributed by atoms with Crippen molar-refractivity contribution >= 4 is 11.3 Å². The number of rotatable bonds is 6. The van der Waals surface area contributed by atoms with Gasteiger partial charge in [0.05, 0.1) is 6.33 Å². The zero-order valence-electron chi connectivity index (χ0n) is 12.9. The second kappa shape index (κ2) is 6.90. The number of nitrogens with one attached hydrogen (secondary N) is 1. The molecule has 1 N–H and O–H groups in total. The molecule has 22 heavy (non-hydrogen) atoms. The summed E-state index contributed by atoms with van der Waals surface area (Å²) in [6.07, 6.45) is 5.57. The predicted molar refractivity (Wildman–Crippen MR) is 92.3 cm³/mol. The smallest absolute Gasteiger partial charge is 0.0991 e. The third kappa shape index (κ3) is 3.46. The summed E-state index contributed by atoms with van der Waals surface area (Å²) in [5, 5.41) is 5.83. The minimum atomic E-state index is 0.410. The first kappa shape index (κ1) is 15.0. The fourth-order valence-corrected chi connectivity index (χ4v) is 3.53. The molecule has 0 aliphatic rings. The van der Waals surface area contributed by atoms with Crippen molar-refractivity contribution in [1.29, 1.82) is 0 Å². The average molecular weight is 311 g/mol. The summed E-state index contributed by atoms with van der Waals surface area (Å²) in [5.41, 5.74) is 2.44. The van der Waals surface area contributed by atoms with Crippen LogP contribution in [0.25, 0.3) is 5.69 Å². The van der Waals surface area contributed by atoms with Crippen molar-refractivity contribution in [1.82, 2.24) is 14.9 Å². The van der Waals surface area contributed by atoms with E-state index in [1.165, 1.54) is 10.4 Å². The maximum Gasteiger partial charge on any atom is 0.0991 e. The lowest BCUT2D eigenvalue weighted by Gasteiger charge is -2.21. The Hall–Kier alpha value is -1.91. The summed E-state index contributed by atoms with van der Waals surface area (Å²) in [7, 11) is 0. The minimum absolute atomic E-state index is 0.410. The number of thiophene rings is 1. The van der Waals surface area contributed by atoms with Crippen LogP contribution in [0.4, 0.5) is 0 Å². The second-order valence-corrected chi connectivity index (χ2v) is 6.73. The van der Waals surface area contributed by atoms with Gasteiger partial charge in [-0.3, -0.25) is 0 Å². The van der Waals surface area contributed by atoms with Gasteiger partial charge in [0.1, 0.15) is 0 Å². The van der Waals surface area contributed by atoms with E-state index in [9.17, 15) is 0 Å². The summed E-state index contributed by atoms with van der Waals surface area (Å²) in [4.78, 5) is 5.49. The summed E-state index contributed by atoms with van der Waals surface area (Å²) in [6.45, 7) is 5.41. The Morgan fingerprint density at radius 3 is 2.59 bits per heavy atom. The van der Waals surface area contributed by atoms with E-state index in [-0.39, 0.29) is 0 Å². The molecular weight excluding hydrogens is 290 g/mol. The van der Waals surface area contributed by atoms with Gasteiger partial charge in [0, 0.05) is 35.5 Å². The number of aromatic nitrogens is 2. The highest BCUT2D eigenvalue weighted by atomic mass is 32.1. The molecule has 0 fully saturated rings. The molecule has 3 rings (SSSR count). The maximum absolute atomic E-state index is 4.08. The van der Waals surface area contributed by atoms with Crippen LogP contribution in [-0.4, -0.2) is 9.55 Å². The third-order valence-corrected chi connectivity index (χ3v) is 4.74. The average Bonchev–Trinajstić information content (AvgIpc) is 3.21. The normalized spacial score (nSPS) is 12.7. The van der Waals surface area contributed by atoms with Crippen LogP contribution in [0.3, 0.4) is 0 Å². The lowest BCUT2D eigenvalue weighted by molar-refractivity contribution is 0.416. The molecule has 3 aromatic rings. The lowest BCUT2D eigenvalue weighted by Crippen LogP contribution is -2.24. The van der Waals surface area contributed by atoms with E-state index in [0.29, 0.717) is 12.0 Å². The van der Waals surface area contributed by atoms with Crippen LogP contribution in [0.1, 0.15) is 30.3 Å². The van der Waals surface area contributed by atoms with E-state index >= 15 is 0 Å². The van der Waals surface area contributed by atoms with E-state index in [1.54, 1.807) is 6.20 Å². The molecule has 114 valence electrons. The van der Waals surface area contributed by atoms with Gasteiger partial charge in [0.25, 0.3) is 0 Å². The summed E-state index contributed by atoms with van der Waals surface area (Å²) in [5.74, 6) is 0.573. The number of hydrogen-bond donors (Lipinski definition) is 1. The van der Waals surface area contributed by atoms with Crippen LogP contribution >= 0.6 is 11.3 Å². The molecule has 0 radical (unpaired) electrons. The fraction of sp³-hybridized carbons (Fsp3) is 0.278. The van der Waals surface area contributed by atoms with E-state index < -0.39 is 0 Å². The first-order valence-corrected chi connectivity index (χ1v) is 8.46. The maximum atomic E-state index is 4.08. The molecule has 0 spiro atoms. The van der Waals surface area contributed by atoms with Crippen molar-refractivity contribution in [3.05, 3.63) is 70.9 Å². The van der Waals surface area contributed by atoms with Crippen molar-refractivity contribution in [3.8, 4) is 5.69 Å². The van der Waals surface area contributed by atoms with Crippen LogP contribution in [0, 0.1) is 5.92 Å². The minimum Gasteiger partial charge on any atom is -0.306 e. The van der Waals surface area contributed by atoms with Gasteiger partial charge in [-0.15, -0.1) is 11.3 Å². The molecule has 0 aliphatic heterocycles. The van der Waals surface area contributed by atoms with Crippen molar-refractivity contribution in [2.75, 3.05) is 0 Å². The van der Waals surface area contributed by atoms with Gasteiger partial charge >= 0.3 is 0 Å². The van der Waals surface area contributed by atoms with E-state index in [4.69, 9.17) is 0 Å². The van der Waals surface area contributed by atoms with Crippen LogP contribution in [0.2, 0.25) is 0 Å². The van der Waals surface area contributed by atoms with Crippen molar-refractivity contribution in [2.24, 2.45) is 5.92 Å². The number of benzene rings is 1. The topological polar surface area (TPSA) is 29.9 Å². The SMILES string of the molecule is CC(C)[C@@H](NCc1ccc(-n2ccnc2)cc1)c1cccs1. The molecule has 0 unspecified atom stereocenters. The summed E-state index contributed by atoms with van der Waals surface area (Å²) < 4.78 is 2.01. The molecule has 2 aromatic heterocycles. The van der Waals surface area contributed by atoms with Gasteiger partial charge in [-0.2, -0.15) is 0 Å². The van der Waals surface area contributed by atoms with Crippen molar-refractivity contribution in [2.45, 2.75) is 26.4 Å². The fourth-order valence-electron chi connectivity index (χ4n) is 2.56. The molecule has 0 aliphatic carbocycles. The van der Waals surface area contributed by atoms with Gasteiger partial charge in [-0.25, -0.2) is 4.98 Å². The Labute approximate surface area is 135 Å². The molecule has 0 amide bonds. The Balaban J connectivity index is 1.65. The van der Waals surface area contributed by atoms with E-state index in [0.717, 1.165) is 12.2 Å². The highest BCUT2D eigenvalue weighted by molar-refractivity contribution is 7.10. The van der Waals surface area contributed by atoms with E-state index in [2.05, 4.69) is 65.9 Å². The number of hydrogen-bond acceptors (Lipinski definition) is 3. The number of imidazole rings is 1. The lowest BCUT2D eigenvalue weighted by atomic mass is 10.0. The highest BCUT2D eigenvalue weighted by Gasteiger charge is 2.15. The zero-order chi connectivity index (χ0) is 15.4. The molecule has 1 aromatic carbocycles. The summed E-state index contributed by atoms with van der Waals surface area (Å²) >= 11 is 1.82. The molecule has 2 heterocycles. The Bertz CT molecular complexity index is 670. The van der Waals surface area contributed by atoms with Crippen LogP contribution in [0.5, 0.6) is 0 Å². The largest absolute Gasteiger partial charge is 0.306 e. The molecule has 0 bridgehead atoms. The second-order valence-electron chi connectivity index (χ2n) is 5.75.